The summed E-state index contributed by atoms with van der Waals surface area (Å²) in [4.78, 5) is 21.4. The molecule has 1 amide bonds. The third kappa shape index (κ3) is 4.84. The van der Waals surface area contributed by atoms with E-state index in [0.717, 1.165) is 15.4 Å². The van der Waals surface area contributed by atoms with Crippen molar-refractivity contribution >= 4 is 42.6 Å². The number of nitrogens with zero attached hydrogens (tertiary/aromatic N) is 4. The number of carbonyl (C=O) groups excluding carboxylic acids is 1. The minimum absolute atomic E-state index is 0.144. The summed E-state index contributed by atoms with van der Waals surface area (Å²) in [6.07, 6.45) is 0. The van der Waals surface area contributed by atoms with Gasteiger partial charge in [-0.1, -0.05) is 47.7 Å². The lowest BCUT2D eigenvalue weighted by atomic mass is 10.2. The molecule has 1 saturated heterocycles. The monoisotopic (exact) mass is 524 g/mol. The van der Waals surface area contributed by atoms with Crippen LogP contribution in [0.15, 0.2) is 77.7 Å². The topological polar surface area (TPSA) is 73.8 Å². The van der Waals surface area contributed by atoms with Gasteiger partial charge in [-0.05, 0) is 42.0 Å². The first-order chi connectivity index (χ1) is 17.3. The van der Waals surface area contributed by atoms with E-state index in [9.17, 15) is 17.6 Å². The molecule has 3 aromatic carbocycles. The fourth-order valence-electron chi connectivity index (χ4n) is 4.20. The number of hydrogen-bond acceptors (Lipinski definition) is 6. The minimum Gasteiger partial charge on any atom is -0.345 e. The van der Waals surface area contributed by atoms with Crippen LogP contribution < -0.4 is 4.90 Å². The molecule has 0 bridgehead atoms. The Morgan fingerprint density at radius 2 is 1.67 bits per heavy atom. The second-order valence-electron chi connectivity index (χ2n) is 8.63. The maximum absolute atomic E-state index is 14.0. The number of rotatable bonds is 6. The van der Waals surface area contributed by atoms with Gasteiger partial charge < -0.3 is 9.80 Å². The van der Waals surface area contributed by atoms with Crippen molar-refractivity contribution in [3.8, 4) is 0 Å². The van der Waals surface area contributed by atoms with Crippen molar-refractivity contribution < 1.29 is 17.6 Å². The molecule has 7 nitrogen and oxygen atoms in total. The van der Waals surface area contributed by atoms with Crippen LogP contribution in [0.1, 0.15) is 15.9 Å². The van der Waals surface area contributed by atoms with Crippen LogP contribution in [0, 0.1) is 5.82 Å². The standard InChI is InChI=1S/C26H25FN4O3S2/c1-29(18-19-6-3-2-4-7-19)36(33,34)21-12-10-20(11-13-21)25(32)30-14-16-31(17-15-30)26-28-24-22(27)8-5-9-23(24)35-26/h2-13H,14-18H2,1H3. The van der Waals surface area contributed by atoms with Gasteiger partial charge in [-0.25, -0.2) is 17.8 Å². The van der Waals surface area contributed by atoms with Crippen molar-refractivity contribution in [2.24, 2.45) is 0 Å². The van der Waals surface area contributed by atoms with Gasteiger partial charge in [-0.2, -0.15) is 4.31 Å². The Hall–Kier alpha value is -3.34. The maximum atomic E-state index is 14.0. The highest BCUT2D eigenvalue weighted by Gasteiger charge is 2.26. The van der Waals surface area contributed by atoms with Crippen LogP contribution in [-0.2, 0) is 16.6 Å². The Balaban J connectivity index is 1.22. The van der Waals surface area contributed by atoms with Gasteiger partial charge in [-0.15, -0.1) is 0 Å². The normalized spacial score (nSPS) is 14.5. The van der Waals surface area contributed by atoms with Gasteiger partial charge in [0.15, 0.2) is 5.13 Å². The average Bonchev–Trinajstić information content (AvgIpc) is 3.35. The average molecular weight is 525 g/mol. The Morgan fingerprint density at radius 3 is 2.33 bits per heavy atom. The smallest absolute Gasteiger partial charge is 0.253 e. The third-order valence-electron chi connectivity index (χ3n) is 6.25. The summed E-state index contributed by atoms with van der Waals surface area (Å²) < 4.78 is 42.0. The van der Waals surface area contributed by atoms with Gasteiger partial charge in [0.05, 0.1) is 9.60 Å². The first-order valence-electron chi connectivity index (χ1n) is 11.5. The molecule has 0 spiro atoms. The molecule has 2 heterocycles. The van der Waals surface area contributed by atoms with Gasteiger partial charge in [0, 0.05) is 45.3 Å². The van der Waals surface area contributed by atoms with E-state index in [2.05, 4.69) is 9.88 Å². The molecule has 0 aliphatic carbocycles. The number of amides is 1. The molecular formula is C26H25FN4O3S2. The number of thiazole rings is 1. The quantitative estimate of drug-likeness (QED) is 0.378. The van der Waals surface area contributed by atoms with E-state index in [4.69, 9.17) is 0 Å². The number of halogens is 1. The second kappa shape index (κ2) is 9.96. The van der Waals surface area contributed by atoms with Crippen molar-refractivity contribution in [1.82, 2.24) is 14.2 Å². The number of anilines is 1. The van der Waals surface area contributed by atoms with Gasteiger partial charge >= 0.3 is 0 Å². The summed E-state index contributed by atoms with van der Waals surface area (Å²) in [5.41, 5.74) is 1.71. The van der Waals surface area contributed by atoms with Crippen molar-refractivity contribution in [2.45, 2.75) is 11.4 Å². The van der Waals surface area contributed by atoms with Gasteiger partial charge in [0.2, 0.25) is 10.0 Å². The molecule has 1 aliphatic heterocycles. The zero-order valence-electron chi connectivity index (χ0n) is 19.7. The summed E-state index contributed by atoms with van der Waals surface area (Å²) in [7, 11) is -2.15. The summed E-state index contributed by atoms with van der Waals surface area (Å²) >= 11 is 1.44. The number of aromatic nitrogens is 1. The molecule has 1 aromatic heterocycles. The first kappa shape index (κ1) is 24.4. The predicted octanol–water partition coefficient (Wildman–Crippen LogP) is 4.22. The molecule has 10 heteroatoms. The second-order valence-corrected chi connectivity index (χ2v) is 11.7. The molecule has 0 N–H and O–H groups in total. The summed E-state index contributed by atoms with van der Waals surface area (Å²) in [6.45, 7) is 2.43. The van der Waals surface area contributed by atoms with E-state index in [1.165, 1.54) is 33.8 Å². The van der Waals surface area contributed by atoms with Crippen molar-refractivity contribution in [2.75, 3.05) is 38.1 Å². The first-order valence-corrected chi connectivity index (χ1v) is 13.8. The molecule has 0 saturated carbocycles. The van der Waals surface area contributed by atoms with Crippen LogP contribution in [0.25, 0.3) is 10.2 Å². The maximum Gasteiger partial charge on any atom is 0.253 e. The number of sulfonamides is 1. The van der Waals surface area contributed by atoms with E-state index in [-0.39, 0.29) is 23.2 Å². The fourth-order valence-corrected chi connectivity index (χ4v) is 6.39. The van der Waals surface area contributed by atoms with E-state index < -0.39 is 10.0 Å². The van der Waals surface area contributed by atoms with Crippen LogP contribution in [0.2, 0.25) is 0 Å². The lowest BCUT2D eigenvalue weighted by molar-refractivity contribution is 0.0746. The summed E-state index contributed by atoms with van der Waals surface area (Å²) in [5.74, 6) is -0.480. The van der Waals surface area contributed by atoms with E-state index in [1.54, 1.807) is 30.1 Å². The molecular weight excluding hydrogens is 499 g/mol. The van der Waals surface area contributed by atoms with E-state index in [1.807, 2.05) is 36.4 Å². The number of piperazine rings is 1. The van der Waals surface area contributed by atoms with Crippen LogP contribution in [0.5, 0.6) is 0 Å². The lowest BCUT2D eigenvalue weighted by Gasteiger charge is -2.34. The van der Waals surface area contributed by atoms with Gasteiger partial charge in [0.25, 0.3) is 5.91 Å². The number of carbonyl (C=O) groups is 1. The van der Waals surface area contributed by atoms with Crippen LogP contribution >= 0.6 is 11.3 Å². The highest BCUT2D eigenvalue weighted by Crippen LogP contribution is 2.31. The number of para-hydroxylation sites is 1. The van der Waals surface area contributed by atoms with Crippen LogP contribution in [0.3, 0.4) is 0 Å². The van der Waals surface area contributed by atoms with Crippen LogP contribution in [-0.4, -0.2) is 61.7 Å². The van der Waals surface area contributed by atoms with E-state index >= 15 is 0 Å². The summed E-state index contributed by atoms with van der Waals surface area (Å²) in [6, 6.07) is 20.4. The molecule has 4 aromatic rings. The molecule has 1 fully saturated rings. The van der Waals surface area contributed by atoms with Crippen LogP contribution in [0.4, 0.5) is 9.52 Å². The Morgan fingerprint density at radius 1 is 0.972 bits per heavy atom. The highest BCUT2D eigenvalue weighted by atomic mass is 32.2. The molecule has 186 valence electrons. The largest absolute Gasteiger partial charge is 0.345 e. The Kier molecular flexibility index (Phi) is 6.74. The molecule has 0 atom stereocenters. The van der Waals surface area contributed by atoms with Gasteiger partial charge in [0.1, 0.15) is 11.3 Å². The predicted molar refractivity (Wildman–Crippen MR) is 139 cm³/mol. The Labute approximate surface area is 213 Å². The summed E-state index contributed by atoms with van der Waals surface area (Å²) in [5, 5.41) is 0.747. The molecule has 0 radical (unpaired) electrons. The van der Waals surface area contributed by atoms with Crippen molar-refractivity contribution in [3.05, 3.63) is 89.7 Å². The number of fused-ring (bicyclic) bond motifs is 1. The van der Waals surface area contributed by atoms with Crippen molar-refractivity contribution in [3.63, 3.8) is 0 Å². The zero-order chi connectivity index (χ0) is 25.3. The Bertz CT molecular complexity index is 1480. The number of benzene rings is 3. The fraction of sp³-hybridized carbons (Fsp3) is 0.231. The van der Waals surface area contributed by atoms with E-state index in [0.29, 0.717) is 37.3 Å². The van der Waals surface area contributed by atoms with Crippen molar-refractivity contribution in [1.29, 1.82) is 0 Å². The molecule has 5 rings (SSSR count). The minimum atomic E-state index is -3.69. The number of hydrogen-bond donors (Lipinski definition) is 0. The van der Waals surface area contributed by atoms with Gasteiger partial charge in [-0.3, -0.25) is 4.79 Å². The molecule has 0 unspecified atom stereocenters. The SMILES string of the molecule is CN(Cc1ccccc1)S(=O)(=O)c1ccc(C(=O)N2CCN(c3nc4c(F)cccc4s3)CC2)cc1. The molecule has 1 aliphatic rings. The third-order valence-corrected chi connectivity index (χ3v) is 9.15. The molecule has 36 heavy (non-hydrogen) atoms. The zero-order valence-corrected chi connectivity index (χ0v) is 21.3. The lowest BCUT2D eigenvalue weighted by Crippen LogP contribution is -2.48. The highest BCUT2D eigenvalue weighted by molar-refractivity contribution is 7.89.